The quantitative estimate of drug-likeness (QED) is 0.368. The van der Waals surface area contributed by atoms with Crippen molar-refractivity contribution in [2.75, 3.05) is 0 Å². The van der Waals surface area contributed by atoms with Crippen molar-refractivity contribution in [1.82, 2.24) is 0 Å². The van der Waals surface area contributed by atoms with Gasteiger partial charge in [-0.15, -0.1) is 0 Å². The minimum Gasteiger partial charge on any atom is -0.393 e. The first-order chi connectivity index (χ1) is 14.6. The van der Waals surface area contributed by atoms with Crippen molar-refractivity contribution in [2.45, 2.75) is 129 Å². The molecule has 1 saturated heterocycles. The average molecular weight is 429 g/mol. The summed E-state index contributed by atoms with van der Waals surface area (Å²) < 4.78 is 6.20. The van der Waals surface area contributed by atoms with Gasteiger partial charge in [0.1, 0.15) is 0 Å². The minimum absolute atomic E-state index is 0.0896. The van der Waals surface area contributed by atoms with Crippen molar-refractivity contribution in [3.05, 3.63) is 11.6 Å². The Morgan fingerprint density at radius 3 is 2.48 bits per heavy atom. The van der Waals surface area contributed by atoms with E-state index >= 15 is 0 Å². The first kappa shape index (κ1) is 22.5. The highest BCUT2D eigenvalue weighted by atomic mass is 16.6. The van der Waals surface area contributed by atoms with Crippen LogP contribution in [-0.2, 0) is 4.74 Å². The van der Waals surface area contributed by atoms with E-state index in [0.717, 1.165) is 48.9 Å². The van der Waals surface area contributed by atoms with Crippen LogP contribution in [0.5, 0.6) is 0 Å². The molecular weight excluding hydrogens is 380 g/mol. The maximum atomic E-state index is 10.3. The standard InChI is InChI=1S/C29H48O2/c1-7-29(26(3,4)31-29)17-12-19(2)23-10-11-24-22-9-8-20-18-21(30)13-15-27(20,5)25(22)14-16-28(23,24)6/h8,19,21-25,30H,7,9-18H2,1-6H3/t19-,21+,22?,23-,24?,25?,27+,28-,29-/m1/s1. The van der Waals surface area contributed by atoms with Gasteiger partial charge in [-0.2, -0.15) is 0 Å². The number of rotatable bonds is 5. The highest BCUT2D eigenvalue weighted by Crippen LogP contribution is 2.67. The van der Waals surface area contributed by atoms with Crippen LogP contribution in [-0.4, -0.2) is 22.4 Å². The predicted molar refractivity (Wildman–Crippen MR) is 128 cm³/mol. The fraction of sp³-hybridized carbons (Fsp3) is 0.931. The van der Waals surface area contributed by atoms with Crippen molar-refractivity contribution in [2.24, 2.45) is 40.4 Å². The number of aliphatic hydroxyl groups excluding tert-OH is 1. The van der Waals surface area contributed by atoms with Crippen LogP contribution in [0.3, 0.4) is 0 Å². The molecule has 9 atom stereocenters. The third kappa shape index (κ3) is 3.24. The molecule has 5 aliphatic rings. The molecule has 31 heavy (non-hydrogen) atoms. The summed E-state index contributed by atoms with van der Waals surface area (Å²) >= 11 is 0. The molecule has 0 amide bonds. The lowest BCUT2D eigenvalue weighted by atomic mass is 9.47. The van der Waals surface area contributed by atoms with E-state index in [1.54, 1.807) is 5.57 Å². The first-order valence-corrected chi connectivity index (χ1v) is 13.6. The van der Waals surface area contributed by atoms with Crippen LogP contribution in [0, 0.1) is 40.4 Å². The monoisotopic (exact) mass is 428 g/mol. The Balaban J connectivity index is 1.30. The normalized spacial score (nSPS) is 51.3. The Hall–Kier alpha value is -0.340. The second-order valence-electron chi connectivity index (χ2n) is 13.4. The number of epoxide rings is 1. The molecule has 0 spiro atoms. The molecule has 1 N–H and O–H groups in total. The van der Waals surface area contributed by atoms with Crippen molar-refractivity contribution in [3.63, 3.8) is 0 Å². The topological polar surface area (TPSA) is 32.8 Å². The minimum atomic E-state index is -0.0896. The van der Waals surface area contributed by atoms with E-state index in [4.69, 9.17) is 4.74 Å². The molecular formula is C29H48O2. The molecule has 0 radical (unpaired) electrons. The molecule has 0 aromatic carbocycles. The van der Waals surface area contributed by atoms with Crippen molar-refractivity contribution in [1.29, 1.82) is 0 Å². The Bertz CT molecular complexity index is 739. The Labute approximate surface area is 191 Å². The molecule has 5 rings (SSSR count). The maximum Gasteiger partial charge on any atom is 0.0971 e. The number of allylic oxidation sites excluding steroid dienone is 1. The number of aliphatic hydroxyl groups is 1. The largest absolute Gasteiger partial charge is 0.393 e. The summed E-state index contributed by atoms with van der Waals surface area (Å²) in [5, 5.41) is 10.3. The van der Waals surface area contributed by atoms with Gasteiger partial charge in [-0.3, -0.25) is 0 Å². The summed E-state index contributed by atoms with van der Waals surface area (Å²) in [6.07, 6.45) is 16.4. The van der Waals surface area contributed by atoms with Crippen LogP contribution in [0.2, 0.25) is 0 Å². The Kier molecular flexibility index (Phi) is 5.31. The van der Waals surface area contributed by atoms with Crippen LogP contribution in [0.4, 0.5) is 0 Å². The predicted octanol–water partition coefficient (Wildman–Crippen LogP) is 7.30. The molecule has 176 valence electrons. The highest BCUT2D eigenvalue weighted by molar-refractivity contribution is 5.25. The molecule has 0 bridgehead atoms. The van der Waals surface area contributed by atoms with Crippen LogP contribution >= 0.6 is 0 Å². The fourth-order valence-corrected chi connectivity index (χ4v) is 9.77. The molecule has 2 nitrogen and oxygen atoms in total. The lowest BCUT2D eigenvalue weighted by Gasteiger charge is -2.58. The van der Waals surface area contributed by atoms with E-state index in [1.807, 2.05) is 0 Å². The smallest absolute Gasteiger partial charge is 0.0971 e. The van der Waals surface area contributed by atoms with Crippen LogP contribution < -0.4 is 0 Å². The zero-order valence-electron chi connectivity index (χ0n) is 21.2. The number of hydrogen-bond acceptors (Lipinski definition) is 2. The number of ether oxygens (including phenoxy) is 1. The Morgan fingerprint density at radius 2 is 1.81 bits per heavy atom. The van der Waals surface area contributed by atoms with Crippen LogP contribution in [0.1, 0.15) is 112 Å². The van der Waals surface area contributed by atoms with Gasteiger partial charge in [0, 0.05) is 0 Å². The van der Waals surface area contributed by atoms with Crippen molar-refractivity contribution >= 4 is 0 Å². The number of hydrogen-bond donors (Lipinski definition) is 1. The highest BCUT2D eigenvalue weighted by Gasteiger charge is 2.62. The second kappa shape index (κ2) is 7.33. The van der Waals surface area contributed by atoms with Gasteiger partial charge in [0.15, 0.2) is 0 Å². The molecule has 3 saturated carbocycles. The summed E-state index contributed by atoms with van der Waals surface area (Å²) in [4.78, 5) is 0. The fourth-order valence-electron chi connectivity index (χ4n) is 9.77. The van der Waals surface area contributed by atoms with Crippen LogP contribution in [0.15, 0.2) is 11.6 Å². The summed E-state index contributed by atoms with van der Waals surface area (Å²) in [6, 6.07) is 0. The van der Waals surface area contributed by atoms with Crippen molar-refractivity contribution in [3.8, 4) is 0 Å². The van der Waals surface area contributed by atoms with Gasteiger partial charge in [-0.25, -0.2) is 0 Å². The summed E-state index contributed by atoms with van der Waals surface area (Å²) in [6.45, 7) is 14.7. The van der Waals surface area contributed by atoms with E-state index < -0.39 is 0 Å². The lowest BCUT2D eigenvalue weighted by molar-refractivity contribution is -0.0575. The molecule has 3 unspecified atom stereocenters. The van der Waals surface area contributed by atoms with Gasteiger partial charge >= 0.3 is 0 Å². The molecule has 1 aliphatic heterocycles. The Morgan fingerprint density at radius 1 is 1.06 bits per heavy atom. The van der Waals surface area contributed by atoms with Crippen LogP contribution in [0.25, 0.3) is 0 Å². The van der Waals surface area contributed by atoms with Gasteiger partial charge in [0.25, 0.3) is 0 Å². The summed E-state index contributed by atoms with van der Waals surface area (Å²) in [7, 11) is 0. The SMILES string of the molecule is CC[C@]1(CC[C@@H](C)[C@H]2CCC3C4CC=C5C[C@@H](O)CC[C@]5(C)C4CC[C@@]32C)OC1(C)C. The van der Waals surface area contributed by atoms with Gasteiger partial charge < -0.3 is 9.84 Å². The second-order valence-corrected chi connectivity index (χ2v) is 13.4. The molecule has 0 aromatic heterocycles. The zero-order chi connectivity index (χ0) is 22.2. The van der Waals surface area contributed by atoms with E-state index in [9.17, 15) is 5.11 Å². The van der Waals surface area contributed by atoms with E-state index in [0.29, 0.717) is 10.8 Å². The first-order valence-electron chi connectivity index (χ1n) is 13.6. The molecule has 4 aliphatic carbocycles. The van der Waals surface area contributed by atoms with E-state index in [2.05, 4.69) is 47.6 Å². The van der Waals surface area contributed by atoms with Gasteiger partial charge in [0.2, 0.25) is 0 Å². The third-order valence-electron chi connectivity index (χ3n) is 11.9. The van der Waals surface area contributed by atoms with Gasteiger partial charge in [0.05, 0.1) is 17.3 Å². The van der Waals surface area contributed by atoms with Gasteiger partial charge in [-0.05, 0) is 125 Å². The van der Waals surface area contributed by atoms with Gasteiger partial charge in [-0.1, -0.05) is 39.3 Å². The lowest BCUT2D eigenvalue weighted by Crippen LogP contribution is -2.50. The summed E-state index contributed by atoms with van der Waals surface area (Å²) in [5.41, 5.74) is 2.76. The summed E-state index contributed by atoms with van der Waals surface area (Å²) in [5.74, 6) is 4.35. The maximum absolute atomic E-state index is 10.3. The molecule has 2 heteroatoms. The van der Waals surface area contributed by atoms with E-state index in [-0.39, 0.29) is 17.3 Å². The zero-order valence-corrected chi connectivity index (χ0v) is 21.2. The number of fused-ring (bicyclic) bond motifs is 5. The third-order valence-corrected chi connectivity index (χ3v) is 11.9. The molecule has 4 fully saturated rings. The van der Waals surface area contributed by atoms with E-state index in [1.165, 1.54) is 51.4 Å². The molecule has 1 heterocycles. The molecule has 0 aromatic rings. The van der Waals surface area contributed by atoms with Crippen molar-refractivity contribution < 1.29 is 9.84 Å². The average Bonchev–Trinajstić information content (AvgIpc) is 3.09.